The molecule has 2 saturated heterocycles. The molecule has 7 rings (SSSR count). The van der Waals surface area contributed by atoms with Gasteiger partial charge in [-0.25, -0.2) is 4.79 Å². The average molecular weight is 639 g/mol. The van der Waals surface area contributed by atoms with Gasteiger partial charge in [-0.1, -0.05) is 31.2 Å². The van der Waals surface area contributed by atoms with Gasteiger partial charge in [-0.05, 0) is 101 Å². The fourth-order valence-electron chi connectivity index (χ4n) is 5.50. The Bertz CT molecular complexity index is 1660. The molecule has 0 N–H and O–H groups in total. The molecule has 2 aliphatic heterocycles. The van der Waals surface area contributed by atoms with Crippen molar-refractivity contribution in [1.29, 1.82) is 0 Å². The lowest BCUT2D eigenvalue weighted by Crippen LogP contribution is -2.09. The molecular weight excluding hydrogens is 600 g/mol. The molecule has 1 aliphatic carbocycles. The minimum atomic E-state index is -0.420. The highest BCUT2D eigenvalue weighted by atomic mass is 17.2. The summed E-state index contributed by atoms with van der Waals surface area (Å²) < 4.78 is 33.1. The zero-order chi connectivity index (χ0) is 32.0. The second-order valence-corrected chi connectivity index (χ2v) is 12.0. The molecule has 3 unspecified atom stereocenters. The van der Waals surface area contributed by atoms with Crippen molar-refractivity contribution < 1.29 is 43.0 Å². The third-order valence-electron chi connectivity index (χ3n) is 8.37. The highest BCUT2D eigenvalue weighted by molar-refractivity contribution is 5.91. The number of benzene rings is 4. The van der Waals surface area contributed by atoms with Crippen molar-refractivity contribution in [3.8, 4) is 34.1 Å². The van der Waals surface area contributed by atoms with Gasteiger partial charge in [0, 0.05) is 12.5 Å². The molecule has 244 valence electrons. The van der Waals surface area contributed by atoms with E-state index in [2.05, 4.69) is 6.92 Å². The third kappa shape index (κ3) is 8.31. The largest absolute Gasteiger partial charge is 0.494 e. The maximum Gasteiger partial charge on any atom is 0.343 e. The van der Waals surface area contributed by atoms with Gasteiger partial charge < -0.3 is 33.3 Å². The van der Waals surface area contributed by atoms with Crippen molar-refractivity contribution in [2.45, 2.75) is 44.5 Å². The molecule has 0 bridgehead atoms. The molecule has 3 aliphatic rings. The summed E-state index contributed by atoms with van der Waals surface area (Å²) in [4.78, 5) is 24.1. The van der Waals surface area contributed by atoms with Crippen LogP contribution in [-0.4, -0.2) is 57.8 Å². The van der Waals surface area contributed by atoms with Crippen molar-refractivity contribution in [1.82, 2.24) is 0 Å². The molecule has 9 heteroatoms. The standard InChI is InChI=1S/C38H38O9/c1-25-36-18-30(46-38(39)27-6-10-29(11-7-27)42-23-33-24-44-33)12-14-34(36)35-15-13-31(19-37(25)35)47-45-20-26-4-8-28(9-5-26)41-17-3-2-16-40-21-32-22-43-32/h4-15,18-19,25,32-33H,2-3,16-17,20-24H2,1H3. The van der Waals surface area contributed by atoms with E-state index < -0.39 is 5.97 Å². The van der Waals surface area contributed by atoms with Crippen LogP contribution in [0.15, 0.2) is 84.9 Å². The molecule has 0 aromatic heterocycles. The van der Waals surface area contributed by atoms with Crippen molar-refractivity contribution in [3.63, 3.8) is 0 Å². The molecule has 4 aromatic rings. The summed E-state index contributed by atoms with van der Waals surface area (Å²) in [5, 5.41) is 0. The second kappa shape index (κ2) is 14.6. The van der Waals surface area contributed by atoms with Gasteiger partial charge in [-0.2, -0.15) is 4.89 Å². The van der Waals surface area contributed by atoms with Crippen LogP contribution in [0.25, 0.3) is 11.1 Å². The fraction of sp³-hybridized carbons (Fsp3) is 0.342. The lowest BCUT2D eigenvalue weighted by molar-refractivity contribution is -0.217. The maximum absolute atomic E-state index is 12.8. The molecule has 0 saturated carbocycles. The molecule has 2 heterocycles. The second-order valence-electron chi connectivity index (χ2n) is 12.0. The van der Waals surface area contributed by atoms with Crippen molar-refractivity contribution in [2.75, 3.05) is 39.6 Å². The molecule has 0 radical (unpaired) electrons. The highest BCUT2D eigenvalue weighted by Gasteiger charge is 2.27. The van der Waals surface area contributed by atoms with Crippen molar-refractivity contribution in [3.05, 3.63) is 107 Å². The molecule has 9 nitrogen and oxygen atoms in total. The Morgan fingerprint density at radius 3 is 2.02 bits per heavy atom. The van der Waals surface area contributed by atoms with Crippen LogP contribution in [0, 0.1) is 0 Å². The average Bonchev–Trinajstić information content (AvgIpc) is 4.04. The third-order valence-corrected chi connectivity index (χ3v) is 8.37. The Hall–Kier alpha value is -4.41. The summed E-state index contributed by atoms with van der Waals surface area (Å²) in [6, 6.07) is 26.5. The van der Waals surface area contributed by atoms with Crippen LogP contribution < -0.4 is 19.1 Å². The van der Waals surface area contributed by atoms with Crippen LogP contribution in [0.1, 0.15) is 52.7 Å². The van der Waals surface area contributed by atoms with Crippen molar-refractivity contribution in [2.24, 2.45) is 0 Å². The van der Waals surface area contributed by atoms with Crippen LogP contribution in [0.3, 0.4) is 0 Å². The van der Waals surface area contributed by atoms with Gasteiger partial charge >= 0.3 is 5.97 Å². The number of hydrogen-bond acceptors (Lipinski definition) is 9. The predicted octanol–water partition coefficient (Wildman–Crippen LogP) is 6.90. The molecular formula is C38H38O9. The lowest BCUT2D eigenvalue weighted by atomic mass is 9.99. The van der Waals surface area contributed by atoms with Gasteiger partial charge in [0.1, 0.15) is 42.7 Å². The van der Waals surface area contributed by atoms with Gasteiger partial charge in [-0.3, -0.25) is 0 Å². The van der Waals surface area contributed by atoms with Gasteiger partial charge in [0.25, 0.3) is 0 Å². The first-order valence-electron chi connectivity index (χ1n) is 16.1. The number of unbranched alkanes of at least 4 members (excludes halogenated alkanes) is 1. The summed E-state index contributed by atoms with van der Waals surface area (Å²) in [5.74, 6) is 2.31. The molecule has 3 atom stereocenters. The molecule has 4 aromatic carbocycles. The Morgan fingerprint density at radius 1 is 0.702 bits per heavy atom. The quantitative estimate of drug-likeness (QED) is 0.0306. The normalized spacial score (nSPS) is 18.6. The number of epoxide rings is 2. The van der Waals surface area contributed by atoms with E-state index >= 15 is 0 Å². The zero-order valence-electron chi connectivity index (χ0n) is 26.4. The first kappa shape index (κ1) is 31.2. The molecule has 0 spiro atoms. The summed E-state index contributed by atoms with van der Waals surface area (Å²) >= 11 is 0. The first-order valence-corrected chi connectivity index (χ1v) is 16.1. The lowest BCUT2D eigenvalue weighted by Gasteiger charge is -2.11. The number of carbonyl (C=O) groups excluding carboxylic acids is 1. The number of ether oxygens (including phenoxy) is 6. The van der Waals surface area contributed by atoms with Crippen LogP contribution in [-0.2, 0) is 25.7 Å². The SMILES string of the molecule is CC1c2cc(OOCc3ccc(OCCCCOCC4CO4)cc3)ccc2-c2ccc(OC(=O)c3ccc(OCC4CO4)cc3)cc21. The summed E-state index contributed by atoms with van der Waals surface area (Å²) in [6.07, 6.45) is 2.39. The number of carbonyl (C=O) groups is 1. The number of esters is 1. The van der Waals surface area contributed by atoms with Gasteiger partial charge in [-0.15, -0.1) is 0 Å². The minimum absolute atomic E-state index is 0.0893. The van der Waals surface area contributed by atoms with E-state index in [-0.39, 0.29) is 12.0 Å². The number of fused-ring (bicyclic) bond motifs is 3. The maximum atomic E-state index is 12.8. The molecule has 0 amide bonds. The van der Waals surface area contributed by atoms with Crippen LogP contribution in [0.5, 0.6) is 23.0 Å². The first-order chi connectivity index (χ1) is 23.1. The summed E-state index contributed by atoms with van der Waals surface area (Å²) in [7, 11) is 0. The van der Waals surface area contributed by atoms with Crippen molar-refractivity contribution >= 4 is 5.97 Å². The van der Waals surface area contributed by atoms with Gasteiger partial charge in [0.05, 0.1) is 32.0 Å². The van der Waals surface area contributed by atoms with E-state index in [1.165, 1.54) is 0 Å². The summed E-state index contributed by atoms with van der Waals surface area (Å²) in [5.41, 5.74) is 5.89. The Balaban J connectivity index is 0.867. The number of hydrogen-bond donors (Lipinski definition) is 0. The number of rotatable bonds is 17. The zero-order valence-corrected chi connectivity index (χ0v) is 26.4. The minimum Gasteiger partial charge on any atom is -0.494 e. The van der Waals surface area contributed by atoms with Crippen LogP contribution >= 0.6 is 0 Å². The highest BCUT2D eigenvalue weighted by Crippen LogP contribution is 2.47. The van der Waals surface area contributed by atoms with Crippen LogP contribution in [0.4, 0.5) is 0 Å². The van der Waals surface area contributed by atoms with Gasteiger partial charge in [0.15, 0.2) is 5.75 Å². The fourth-order valence-corrected chi connectivity index (χ4v) is 5.50. The van der Waals surface area contributed by atoms with E-state index in [1.54, 1.807) is 24.3 Å². The van der Waals surface area contributed by atoms with Gasteiger partial charge in [0.2, 0.25) is 0 Å². The van der Waals surface area contributed by atoms with E-state index in [4.69, 9.17) is 38.2 Å². The smallest absolute Gasteiger partial charge is 0.343 e. The Labute approximate surface area is 274 Å². The Morgan fingerprint density at radius 2 is 1.30 bits per heavy atom. The predicted molar refractivity (Wildman–Crippen MR) is 173 cm³/mol. The topological polar surface area (TPSA) is 97.5 Å². The summed E-state index contributed by atoms with van der Waals surface area (Å²) in [6.45, 7) is 6.59. The van der Waals surface area contributed by atoms with E-state index in [1.807, 2.05) is 60.7 Å². The van der Waals surface area contributed by atoms with Crippen LogP contribution in [0.2, 0.25) is 0 Å². The van der Waals surface area contributed by atoms with E-state index in [0.29, 0.717) is 55.3 Å². The Kier molecular flexibility index (Phi) is 9.67. The molecule has 47 heavy (non-hydrogen) atoms. The van der Waals surface area contributed by atoms with E-state index in [9.17, 15) is 4.79 Å². The monoisotopic (exact) mass is 638 g/mol. The molecule has 2 fully saturated rings. The van der Waals surface area contributed by atoms with E-state index in [0.717, 1.165) is 66.2 Å².